The fraction of sp³-hybridized carbons (Fsp3) is 0.450. The van der Waals surface area contributed by atoms with Gasteiger partial charge < -0.3 is 5.32 Å². The number of piperidine rings is 1. The fourth-order valence-electron chi connectivity index (χ4n) is 4.17. The SMILES string of the molecule is c1cncc(-c2cccc(CN3CCC4(CCNCC4)C3)c2)c1. The Kier molecular flexibility index (Phi) is 4.15. The number of nitrogens with one attached hydrogen (secondary N) is 1. The van der Waals surface area contributed by atoms with E-state index in [0.29, 0.717) is 5.41 Å². The Morgan fingerprint density at radius 2 is 1.91 bits per heavy atom. The van der Waals surface area contributed by atoms with Gasteiger partial charge in [0.25, 0.3) is 0 Å². The van der Waals surface area contributed by atoms with Crippen LogP contribution in [0.25, 0.3) is 11.1 Å². The molecular formula is C20H25N3. The first-order chi connectivity index (χ1) is 11.3. The molecule has 0 radical (unpaired) electrons. The Balaban J connectivity index is 1.45. The molecule has 0 bridgehead atoms. The van der Waals surface area contributed by atoms with Crippen LogP contribution in [0.3, 0.4) is 0 Å². The summed E-state index contributed by atoms with van der Waals surface area (Å²) in [6.07, 6.45) is 7.84. The highest BCUT2D eigenvalue weighted by Crippen LogP contribution is 2.39. The molecule has 3 nitrogen and oxygen atoms in total. The van der Waals surface area contributed by atoms with Crippen LogP contribution < -0.4 is 5.32 Å². The molecule has 0 saturated carbocycles. The summed E-state index contributed by atoms with van der Waals surface area (Å²) in [4.78, 5) is 6.88. The number of benzene rings is 1. The van der Waals surface area contributed by atoms with E-state index in [-0.39, 0.29) is 0 Å². The van der Waals surface area contributed by atoms with Gasteiger partial charge in [-0.05, 0) is 73.1 Å². The van der Waals surface area contributed by atoms with Crippen LogP contribution in [0.15, 0.2) is 48.8 Å². The van der Waals surface area contributed by atoms with Crippen LogP contribution in [-0.4, -0.2) is 36.1 Å². The van der Waals surface area contributed by atoms with Gasteiger partial charge >= 0.3 is 0 Å². The second-order valence-corrected chi connectivity index (χ2v) is 7.15. The molecule has 3 heteroatoms. The zero-order chi connectivity index (χ0) is 15.5. The third-order valence-electron chi connectivity index (χ3n) is 5.51. The van der Waals surface area contributed by atoms with Crippen LogP contribution in [-0.2, 0) is 6.54 Å². The molecule has 1 N–H and O–H groups in total. The van der Waals surface area contributed by atoms with Gasteiger partial charge in [-0.25, -0.2) is 0 Å². The van der Waals surface area contributed by atoms with Gasteiger partial charge in [0.2, 0.25) is 0 Å². The molecule has 0 atom stereocenters. The largest absolute Gasteiger partial charge is 0.317 e. The minimum absolute atomic E-state index is 0.589. The fourth-order valence-corrected chi connectivity index (χ4v) is 4.17. The van der Waals surface area contributed by atoms with E-state index in [1.54, 1.807) is 0 Å². The summed E-state index contributed by atoms with van der Waals surface area (Å²) >= 11 is 0. The van der Waals surface area contributed by atoms with Crippen molar-refractivity contribution in [1.29, 1.82) is 0 Å². The Labute approximate surface area is 138 Å². The summed E-state index contributed by atoms with van der Waals surface area (Å²) < 4.78 is 0. The lowest BCUT2D eigenvalue weighted by atomic mass is 9.78. The molecule has 2 fully saturated rings. The summed E-state index contributed by atoms with van der Waals surface area (Å²) in [5.74, 6) is 0. The summed E-state index contributed by atoms with van der Waals surface area (Å²) in [6.45, 7) is 5.99. The predicted molar refractivity (Wildman–Crippen MR) is 94.1 cm³/mol. The monoisotopic (exact) mass is 307 g/mol. The number of nitrogens with zero attached hydrogens (tertiary/aromatic N) is 2. The van der Waals surface area contributed by atoms with E-state index in [0.717, 1.165) is 6.54 Å². The molecule has 120 valence electrons. The standard InChI is InChI=1S/C20H25N3/c1-3-17(13-18(4-1)19-5-2-9-22-14-19)15-23-12-8-20(16-23)6-10-21-11-7-20/h1-5,9,13-14,21H,6-8,10-12,15-16H2. The average molecular weight is 307 g/mol. The quantitative estimate of drug-likeness (QED) is 0.943. The van der Waals surface area contributed by atoms with Gasteiger partial charge in [-0.2, -0.15) is 0 Å². The maximum absolute atomic E-state index is 4.23. The molecule has 23 heavy (non-hydrogen) atoms. The summed E-state index contributed by atoms with van der Waals surface area (Å²) in [5.41, 5.74) is 4.47. The van der Waals surface area contributed by atoms with Crippen LogP contribution in [0, 0.1) is 5.41 Å². The smallest absolute Gasteiger partial charge is 0.0346 e. The van der Waals surface area contributed by atoms with Crippen LogP contribution in [0.2, 0.25) is 0 Å². The molecule has 1 spiro atoms. The molecule has 2 aromatic rings. The van der Waals surface area contributed by atoms with Gasteiger partial charge in [-0.1, -0.05) is 24.3 Å². The summed E-state index contributed by atoms with van der Waals surface area (Å²) in [5, 5.41) is 3.50. The number of pyridine rings is 1. The predicted octanol–water partition coefficient (Wildman–Crippen LogP) is 3.32. The molecule has 0 amide bonds. The van der Waals surface area contributed by atoms with Crippen molar-refractivity contribution in [1.82, 2.24) is 15.2 Å². The van der Waals surface area contributed by atoms with Crippen LogP contribution >= 0.6 is 0 Å². The van der Waals surface area contributed by atoms with Gasteiger partial charge in [0.1, 0.15) is 0 Å². The molecule has 1 aromatic heterocycles. The number of rotatable bonds is 3. The van der Waals surface area contributed by atoms with Gasteiger partial charge in [-0.15, -0.1) is 0 Å². The maximum atomic E-state index is 4.23. The zero-order valence-electron chi connectivity index (χ0n) is 13.7. The molecule has 1 aromatic carbocycles. The van der Waals surface area contributed by atoms with E-state index >= 15 is 0 Å². The first-order valence-corrected chi connectivity index (χ1v) is 8.76. The van der Waals surface area contributed by atoms with Gasteiger partial charge in [0, 0.05) is 25.5 Å². The van der Waals surface area contributed by atoms with E-state index in [9.17, 15) is 0 Å². The van der Waals surface area contributed by atoms with E-state index in [2.05, 4.69) is 45.5 Å². The Bertz CT molecular complexity index is 647. The molecule has 2 aliphatic heterocycles. The number of likely N-dealkylation sites (tertiary alicyclic amines) is 1. The third kappa shape index (κ3) is 3.31. The van der Waals surface area contributed by atoms with Crippen molar-refractivity contribution in [2.45, 2.75) is 25.8 Å². The van der Waals surface area contributed by atoms with E-state index in [4.69, 9.17) is 0 Å². The highest BCUT2D eigenvalue weighted by Gasteiger charge is 2.38. The topological polar surface area (TPSA) is 28.2 Å². The first kappa shape index (κ1) is 14.9. The number of aromatic nitrogens is 1. The van der Waals surface area contributed by atoms with E-state index < -0.39 is 0 Å². The molecular weight excluding hydrogens is 282 g/mol. The lowest BCUT2D eigenvalue weighted by molar-refractivity contribution is 0.194. The lowest BCUT2D eigenvalue weighted by Gasteiger charge is -2.34. The Morgan fingerprint density at radius 1 is 1.04 bits per heavy atom. The number of hydrogen-bond donors (Lipinski definition) is 1. The van der Waals surface area contributed by atoms with E-state index in [1.165, 1.54) is 62.1 Å². The van der Waals surface area contributed by atoms with Gasteiger partial charge in [0.05, 0.1) is 0 Å². The van der Waals surface area contributed by atoms with Crippen LogP contribution in [0.4, 0.5) is 0 Å². The second kappa shape index (κ2) is 6.42. The average Bonchev–Trinajstić information content (AvgIpc) is 2.98. The number of hydrogen-bond acceptors (Lipinski definition) is 3. The molecule has 4 rings (SSSR count). The van der Waals surface area contributed by atoms with Gasteiger partial charge in [-0.3, -0.25) is 9.88 Å². The van der Waals surface area contributed by atoms with Crippen molar-refractivity contribution >= 4 is 0 Å². The minimum Gasteiger partial charge on any atom is -0.317 e. The zero-order valence-corrected chi connectivity index (χ0v) is 13.7. The van der Waals surface area contributed by atoms with Crippen molar-refractivity contribution in [3.63, 3.8) is 0 Å². The van der Waals surface area contributed by atoms with E-state index in [1.807, 2.05) is 18.5 Å². The maximum Gasteiger partial charge on any atom is 0.0346 e. The molecule has 3 heterocycles. The van der Waals surface area contributed by atoms with Crippen LogP contribution in [0.1, 0.15) is 24.8 Å². The second-order valence-electron chi connectivity index (χ2n) is 7.15. The van der Waals surface area contributed by atoms with Crippen molar-refractivity contribution in [2.24, 2.45) is 5.41 Å². The highest BCUT2D eigenvalue weighted by molar-refractivity contribution is 5.62. The minimum atomic E-state index is 0.589. The molecule has 0 aliphatic carbocycles. The summed E-state index contributed by atoms with van der Waals surface area (Å²) in [7, 11) is 0. The third-order valence-corrected chi connectivity index (χ3v) is 5.51. The first-order valence-electron chi connectivity index (χ1n) is 8.76. The van der Waals surface area contributed by atoms with Gasteiger partial charge in [0.15, 0.2) is 0 Å². The van der Waals surface area contributed by atoms with Crippen molar-refractivity contribution in [3.8, 4) is 11.1 Å². The summed E-state index contributed by atoms with van der Waals surface area (Å²) in [6, 6.07) is 13.1. The van der Waals surface area contributed by atoms with Crippen molar-refractivity contribution < 1.29 is 0 Å². The molecule has 2 saturated heterocycles. The molecule has 2 aliphatic rings. The van der Waals surface area contributed by atoms with Crippen molar-refractivity contribution in [2.75, 3.05) is 26.2 Å². The van der Waals surface area contributed by atoms with Crippen LogP contribution in [0.5, 0.6) is 0 Å². The Hall–Kier alpha value is -1.71. The normalized spacial score (nSPS) is 20.9. The molecule has 0 unspecified atom stereocenters. The lowest BCUT2D eigenvalue weighted by Crippen LogP contribution is -2.38. The van der Waals surface area contributed by atoms with Crippen molar-refractivity contribution in [3.05, 3.63) is 54.4 Å². The highest BCUT2D eigenvalue weighted by atomic mass is 15.2. The Morgan fingerprint density at radius 3 is 2.74 bits per heavy atom.